The lowest BCUT2D eigenvalue weighted by Gasteiger charge is -2.24. The highest BCUT2D eigenvalue weighted by Gasteiger charge is 2.28. The molecule has 2 aliphatic heterocycles. The first-order valence-electron chi connectivity index (χ1n) is 7.49. The number of halogens is 1. The monoisotopic (exact) mass is 324 g/mol. The molecule has 2 fully saturated rings. The molecule has 2 N–H and O–H groups in total. The van der Waals surface area contributed by atoms with Crippen LogP contribution in [0.3, 0.4) is 0 Å². The third kappa shape index (κ3) is 3.75. The molecule has 2 saturated heterocycles. The Labute approximate surface area is 136 Å². The second-order valence-corrected chi connectivity index (χ2v) is 5.54. The number of hydrogen-bond donors (Lipinski definition) is 2. The average Bonchev–Trinajstić information content (AvgIpc) is 2.76. The number of amides is 2. The third-order valence-electron chi connectivity index (χ3n) is 4.08. The average molecular weight is 325 g/mol. The zero-order valence-corrected chi connectivity index (χ0v) is 13.2. The van der Waals surface area contributed by atoms with Crippen molar-refractivity contribution >= 4 is 30.0 Å². The SMILES string of the molecule is Cl.O=C1CC[C@H](c2ccnc(N3CCCNCC3)c2)C(=O)N1. The summed E-state index contributed by atoms with van der Waals surface area (Å²) in [5.41, 5.74) is 0.946. The fourth-order valence-electron chi connectivity index (χ4n) is 2.91. The Morgan fingerprint density at radius 3 is 2.91 bits per heavy atom. The number of aromatic nitrogens is 1. The molecule has 7 heteroatoms. The topological polar surface area (TPSA) is 74.3 Å². The number of carbonyl (C=O) groups excluding carboxylic acids is 2. The summed E-state index contributed by atoms with van der Waals surface area (Å²) in [5.74, 6) is 0.306. The van der Waals surface area contributed by atoms with Gasteiger partial charge in [-0.1, -0.05) is 0 Å². The van der Waals surface area contributed by atoms with Crippen molar-refractivity contribution in [1.82, 2.24) is 15.6 Å². The predicted octanol–water partition coefficient (Wildman–Crippen LogP) is 0.823. The maximum Gasteiger partial charge on any atom is 0.234 e. The van der Waals surface area contributed by atoms with Crippen molar-refractivity contribution in [3.8, 4) is 0 Å². The van der Waals surface area contributed by atoms with Gasteiger partial charge in [-0.2, -0.15) is 0 Å². The number of nitrogens with one attached hydrogen (secondary N) is 2. The molecule has 0 aromatic carbocycles. The molecule has 1 aromatic heterocycles. The standard InChI is InChI=1S/C15H20N4O2.ClH/c20-14-3-2-12(15(21)18-14)11-4-6-17-13(10-11)19-8-1-5-16-7-9-19;/h4,6,10,12,16H,1-3,5,7-9H2,(H,18,20,21);1H/t12-;/m1./s1. The maximum atomic E-state index is 12.0. The van der Waals surface area contributed by atoms with Crippen molar-refractivity contribution in [1.29, 1.82) is 0 Å². The summed E-state index contributed by atoms with van der Waals surface area (Å²) in [5, 5.41) is 5.78. The molecule has 0 spiro atoms. The van der Waals surface area contributed by atoms with Crippen LogP contribution in [0.2, 0.25) is 0 Å². The van der Waals surface area contributed by atoms with Crippen LogP contribution < -0.4 is 15.5 Å². The van der Waals surface area contributed by atoms with E-state index in [-0.39, 0.29) is 30.1 Å². The molecule has 1 atom stereocenters. The lowest BCUT2D eigenvalue weighted by Crippen LogP contribution is -2.39. The molecule has 0 bridgehead atoms. The Hall–Kier alpha value is -1.66. The number of rotatable bonds is 2. The normalized spacial score (nSPS) is 22.5. The minimum atomic E-state index is -0.241. The van der Waals surface area contributed by atoms with Crippen LogP contribution in [0.1, 0.15) is 30.7 Å². The van der Waals surface area contributed by atoms with Crippen LogP contribution in [0.5, 0.6) is 0 Å². The van der Waals surface area contributed by atoms with E-state index in [2.05, 4.69) is 20.5 Å². The van der Waals surface area contributed by atoms with Crippen LogP contribution in [-0.4, -0.2) is 43.0 Å². The molecule has 3 heterocycles. The number of pyridine rings is 1. The van der Waals surface area contributed by atoms with Crippen molar-refractivity contribution in [2.24, 2.45) is 0 Å². The second kappa shape index (κ2) is 7.56. The Morgan fingerprint density at radius 2 is 2.09 bits per heavy atom. The van der Waals surface area contributed by atoms with E-state index in [1.807, 2.05) is 12.1 Å². The summed E-state index contributed by atoms with van der Waals surface area (Å²) >= 11 is 0. The van der Waals surface area contributed by atoms with E-state index in [1.54, 1.807) is 6.20 Å². The summed E-state index contributed by atoms with van der Waals surface area (Å²) in [7, 11) is 0. The lowest BCUT2D eigenvalue weighted by molar-refractivity contribution is -0.134. The van der Waals surface area contributed by atoms with Gasteiger partial charge in [-0.25, -0.2) is 4.98 Å². The molecule has 0 aliphatic carbocycles. The quantitative estimate of drug-likeness (QED) is 0.788. The largest absolute Gasteiger partial charge is 0.355 e. The fraction of sp³-hybridized carbons (Fsp3) is 0.533. The highest BCUT2D eigenvalue weighted by molar-refractivity contribution is 6.00. The number of nitrogens with zero attached hydrogens (tertiary/aromatic N) is 2. The van der Waals surface area contributed by atoms with Crippen LogP contribution in [0, 0.1) is 0 Å². The van der Waals surface area contributed by atoms with Gasteiger partial charge in [0.1, 0.15) is 5.82 Å². The van der Waals surface area contributed by atoms with Gasteiger partial charge >= 0.3 is 0 Å². The molecule has 22 heavy (non-hydrogen) atoms. The zero-order chi connectivity index (χ0) is 14.7. The van der Waals surface area contributed by atoms with Gasteiger partial charge in [-0.15, -0.1) is 12.4 Å². The van der Waals surface area contributed by atoms with E-state index in [0.717, 1.165) is 44.0 Å². The third-order valence-corrected chi connectivity index (χ3v) is 4.08. The Bertz CT molecular complexity index is 544. The van der Waals surface area contributed by atoms with Crippen LogP contribution in [0.15, 0.2) is 18.3 Å². The molecule has 0 saturated carbocycles. The Balaban J connectivity index is 0.00000176. The summed E-state index contributed by atoms with van der Waals surface area (Å²) in [4.78, 5) is 29.9. The van der Waals surface area contributed by atoms with Gasteiger partial charge in [0.25, 0.3) is 0 Å². The van der Waals surface area contributed by atoms with E-state index in [9.17, 15) is 9.59 Å². The minimum Gasteiger partial charge on any atom is -0.355 e. The van der Waals surface area contributed by atoms with Crippen molar-refractivity contribution in [2.45, 2.75) is 25.2 Å². The van der Waals surface area contributed by atoms with Crippen LogP contribution in [0.25, 0.3) is 0 Å². The second-order valence-electron chi connectivity index (χ2n) is 5.54. The molecular formula is C15H21ClN4O2. The van der Waals surface area contributed by atoms with Crippen LogP contribution >= 0.6 is 12.4 Å². The van der Waals surface area contributed by atoms with Crippen molar-refractivity contribution in [3.63, 3.8) is 0 Å². The number of imide groups is 1. The van der Waals surface area contributed by atoms with Gasteiger partial charge < -0.3 is 10.2 Å². The van der Waals surface area contributed by atoms with Gasteiger partial charge in [0.2, 0.25) is 11.8 Å². The first-order chi connectivity index (χ1) is 10.2. The van der Waals surface area contributed by atoms with Gasteiger partial charge in [0, 0.05) is 32.3 Å². The van der Waals surface area contributed by atoms with Crippen LogP contribution in [-0.2, 0) is 9.59 Å². The van der Waals surface area contributed by atoms with Crippen molar-refractivity contribution < 1.29 is 9.59 Å². The summed E-state index contributed by atoms with van der Waals surface area (Å²) in [6.07, 6.45) is 3.83. The van der Waals surface area contributed by atoms with Crippen molar-refractivity contribution in [3.05, 3.63) is 23.9 Å². The Morgan fingerprint density at radius 1 is 1.23 bits per heavy atom. The van der Waals surface area contributed by atoms with Crippen LogP contribution in [0.4, 0.5) is 5.82 Å². The van der Waals surface area contributed by atoms with Gasteiger partial charge in [0.15, 0.2) is 0 Å². The Kier molecular flexibility index (Phi) is 5.74. The van der Waals surface area contributed by atoms with E-state index in [4.69, 9.17) is 0 Å². The predicted molar refractivity (Wildman–Crippen MR) is 86.3 cm³/mol. The van der Waals surface area contributed by atoms with E-state index in [1.165, 1.54) is 0 Å². The molecule has 2 aliphatic rings. The molecule has 120 valence electrons. The van der Waals surface area contributed by atoms with Gasteiger partial charge in [-0.05, 0) is 37.1 Å². The highest BCUT2D eigenvalue weighted by Crippen LogP contribution is 2.26. The fourth-order valence-corrected chi connectivity index (χ4v) is 2.91. The van der Waals surface area contributed by atoms with Gasteiger partial charge in [0.05, 0.1) is 5.92 Å². The highest BCUT2D eigenvalue weighted by atomic mass is 35.5. The number of carbonyl (C=O) groups is 2. The number of anilines is 1. The van der Waals surface area contributed by atoms with Crippen molar-refractivity contribution in [2.75, 3.05) is 31.1 Å². The summed E-state index contributed by atoms with van der Waals surface area (Å²) < 4.78 is 0. The minimum absolute atomic E-state index is 0. The van der Waals surface area contributed by atoms with E-state index in [0.29, 0.717) is 12.8 Å². The molecule has 6 nitrogen and oxygen atoms in total. The number of hydrogen-bond acceptors (Lipinski definition) is 5. The summed E-state index contributed by atoms with van der Waals surface area (Å²) in [6, 6.07) is 3.87. The molecule has 1 aromatic rings. The maximum absolute atomic E-state index is 12.0. The molecule has 0 unspecified atom stereocenters. The van der Waals surface area contributed by atoms with E-state index < -0.39 is 0 Å². The smallest absolute Gasteiger partial charge is 0.234 e. The zero-order valence-electron chi connectivity index (χ0n) is 12.4. The number of piperidine rings is 1. The molecule has 0 radical (unpaired) electrons. The van der Waals surface area contributed by atoms with Gasteiger partial charge in [-0.3, -0.25) is 14.9 Å². The summed E-state index contributed by atoms with van der Waals surface area (Å²) in [6.45, 7) is 3.87. The van der Waals surface area contributed by atoms with E-state index >= 15 is 0 Å². The first-order valence-corrected chi connectivity index (χ1v) is 7.49. The lowest BCUT2D eigenvalue weighted by atomic mass is 9.91. The molecule has 3 rings (SSSR count). The molecular weight excluding hydrogens is 304 g/mol. The first kappa shape index (κ1) is 16.7. The molecule has 2 amide bonds.